The molecule has 0 aliphatic carbocycles. The average molecular weight is 280 g/mol. The number of nitrogens with zero attached hydrogens (tertiary/aromatic N) is 2. The maximum Gasteiger partial charge on any atom is 0.361 e. The zero-order chi connectivity index (χ0) is 13.0. The molecule has 18 heavy (non-hydrogen) atoms. The molecule has 0 aliphatic heterocycles. The van der Waals surface area contributed by atoms with Crippen LogP contribution in [-0.2, 0) is 4.74 Å². The smallest absolute Gasteiger partial charge is 0.361 e. The normalized spacial score (nSPS) is 10.3. The van der Waals surface area contributed by atoms with E-state index < -0.39 is 5.97 Å². The average Bonchev–Trinajstić information content (AvgIpc) is 2.81. The Kier molecular flexibility index (Phi) is 4.33. The first-order chi connectivity index (χ1) is 8.70. The fourth-order valence-electron chi connectivity index (χ4n) is 1.29. The molecule has 1 heterocycles. The van der Waals surface area contributed by atoms with Crippen LogP contribution in [0.2, 0.25) is 0 Å². The number of hydrogen-bond donors (Lipinski definition) is 0. The number of ether oxygens (including phenoxy) is 1. The van der Waals surface area contributed by atoms with Gasteiger partial charge in [0.15, 0.2) is 5.69 Å². The Labute approximate surface area is 114 Å². The summed E-state index contributed by atoms with van der Waals surface area (Å²) in [7, 11) is 0. The Balaban J connectivity index is 2.17. The number of carbonyl (C=O) groups is 1. The van der Waals surface area contributed by atoms with E-state index in [4.69, 9.17) is 4.74 Å². The molecule has 0 unspecified atom stereocenters. The van der Waals surface area contributed by atoms with Gasteiger partial charge in [-0.15, -0.1) is 5.10 Å². The summed E-state index contributed by atoms with van der Waals surface area (Å²) >= 11 is 2.68. The van der Waals surface area contributed by atoms with Crippen molar-refractivity contribution in [2.24, 2.45) is 0 Å². The minimum atomic E-state index is -0.416. The first-order valence-electron chi connectivity index (χ1n) is 5.44. The summed E-state index contributed by atoms with van der Waals surface area (Å²) in [4.78, 5) is 12.7. The Bertz CT molecular complexity index is 537. The lowest BCUT2D eigenvalue weighted by Gasteiger charge is -2.01. The van der Waals surface area contributed by atoms with Crippen molar-refractivity contribution in [3.8, 4) is 0 Å². The second kappa shape index (κ2) is 5.97. The molecule has 0 atom stereocenters. The Morgan fingerprint density at radius 1 is 1.39 bits per heavy atom. The number of esters is 1. The molecule has 1 aromatic heterocycles. The summed E-state index contributed by atoms with van der Waals surface area (Å²) in [6.45, 7) is 4.14. The van der Waals surface area contributed by atoms with Crippen LogP contribution in [0.5, 0.6) is 0 Å². The minimum absolute atomic E-state index is 0.299. The Hall–Kier alpha value is -1.40. The second-order valence-electron chi connectivity index (χ2n) is 3.54. The number of carbonyl (C=O) groups excluding carboxylic acids is 1. The molecule has 0 saturated carbocycles. The largest absolute Gasteiger partial charge is 0.461 e. The van der Waals surface area contributed by atoms with Gasteiger partial charge in [0, 0.05) is 4.90 Å². The van der Waals surface area contributed by atoms with Crippen molar-refractivity contribution in [1.29, 1.82) is 0 Å². The summed E-state index contributed by atoms with van der Waals surface area (Å²) in [6, 6.07) is 8.07. The van der Waals surface area contributed by atoms with Crippen LogP contribution in [-0.4, -0.2) is 22.2 Å². The van der Waals surface area contributed by atoms with Crippen molar-refractivity contribution in [3.05, 3.63) is 35.5 Å². The predicted molar refractivity (Wildman–Crippen MR) is 71.2 cm³/mol. The van der Waals surface area contributed by atoms with Crippen LogP contribution in [0.1, 0.15) is 23.0 Å². The van der Waals surface area contributed by atoms with Crippen LogP contribution in [0.4, 0.5) is 0 Å². The molecule has 6 heteroatoms. The summed E-state index contributed by atoms with van der Waals surface area (Å²) in [5.74, 6) is -0.416. The number of hydrogen-bond acceptors (Lipinski definition) is 6. The minimum Gasteiger partial charge on any atom is -0.461 e. The van der Waals surface area contributed by atoms with E-state index >= 15 is 0 Å². The van der Waals surface area contributed by atoms with Gasteiger partial charge in [-0.3, -0.25) is 0 Å². The van der Waals surface area contributed by atoms with Gasteiger partial charge in [0.25, 0.3) is 0 Å². The predicted octanol–water partition coefficient (Wildman–Crippen LogP) is 3.17. The zero-order valence-corrected chi connectivity index (χ0v) is 11.7. The molecule has 2 rings (SSSR count). The monoisotopic (exact) mass is 280 g/mol. The molecule has 94 valence electrons. The molecule has 0 amide bonds. The van der Waals surface area contributed by atoms with E-state index in [1.807, 2.05) is 31.2 Å². The van der Waals surface area contributed by atoms with E-state index in [0.717, 1.165) is 9.10 Å². The Morgan fingerprint density at radius 2 is 2.11 bits per heavy atom. The number of aromatic nitrogens is 2. The molecule has 0 saturated heterocycles. The van der Waals surface area contributed by atoms with Gasteiger partial charge in [0.05, 0.1) is 6.61 Å². The lowest BCUT2D eigenvalue weighted by Crippen LogP contribution is -2.06. The molecule has 4 nitrogen and oxygen atoms in total. The summed E-state index contributed by atoms with van der Waals surface area (Å²) < 4.78 is 9.51. The van der Waals surface area contributed by atoms with Crippen LogP contribution in [0.3, 0.4) is 0 Å². The molecule has 2 aromatic rings. The molecule has 0 N–H and O–H groups in total. The third-order valence-electron chi connectivity index (χ3n) is 2.16. The highest BCUT2D eigenvalue weighted by Crippen LogP contribution is 2.32. The third kappa shape index (κ3) is 3.08. The lowest BCUT2D eigenvalue weighted by atomic mass is 10.2. The van der Waals surface area contributed by atoms with Crippen LogP contribution < -0.4 is 0 Å². The van der Waals surface area contributed by atoms with Gasteiger partial charge in [-0.2, -0.15) is 0 Å². The lowest BCUT2D eigenvalue weighted by molar-refractivity contribution is 0.0515. The van der Waals surface area contributed by atoms with E-state index in [9.17, 15) is 4.79 Å². The standard InChI is InChI=1S/C12H12N2O2S2/c1-3-16-11(15)10-12(18-14-13-10)17-9-6-4-8(2)5-7-9/h4-7H,3H2,1-2H3. The van der Waals surface area contributed by atoms with Gasteiger partial charge in [-0.25, -0.2) is 4.79 Å². The molecule has 0 fully saturated rings. The molecule has 0 radical (unpaired) electrons. The van der Waals surface area contributed by atoms with Gasteiger partial charge in [0.1, 0.15) is 4.21 Å². The highest BCUT2D eigenvalue weighted by atomic mass is 32.2. The van der Waals surface area contributed by atoms with Crippen molar-refractivity contribution < 1.29 is 9.53 Å². The highest BCUT2D eigenvalue weighted by Gasteiger charge is 2.18. The van der Waals surface area contributed by atoms with Gasteiger partial charge in [-0.1, -0.05) is 33.9 Å². The summed E-state index contributed by atoms with van der Waals surface area (Å²) in [5.41, 5.74) is 1.50. The summed E-state index contributed by atoms with van der Waals surface area (Å²) in [6.07, 6.45) is 0. The maximum absolute atomic E-state index is 11.6. The first-order valence-corrected chi connectivity index (χ1v) is 7.03. The molecular weight excluding hydrogens is 268 g/mol. The highest BCUT2D eigenvalue weighted by molar-refractivity contribution is 8.01. The molecular formula is C12H12N2O2S2. The zero-order valence-electron chi connectivity index (χ0n) is 10.0. The molecule has 1 aromatic carbocycles. The Morgan fingerprint density at radius 3 is 2.78 bits per heavy atom. The second-order valence-corrected chi connectivity index (χ2v) is 5.64. The molecule has 0 bridgehead atoms. The number of rotatable bonds is 4. The fourth-order valence-corrected chi connectivity index (χ4v) is 2.94. The van der Waals surface area contributed by atoms with Gasteiger partial charge >= 0.3 is 5.97 Å². The van der Waals surface area contributed by atoms with Crippen molar-refractivity contribution in [1.82, 2.24) is 9.59 Å². The van der Waals surface area contributed by atoms with E-state index in [1.54, 1.807) is 6.92 Å². The van der Waals surface area contributed by atoms with Crippen LogP contribution in [0, 0.1) is 6.92 Å². The first kappa shape index (κ1) is 13.0. The van der Waals surface area contributed by atoms with Gasteiger partial charge < -0.3 is 4.74 Å². The number of benzene rings is 1. The van der Waals surface area contributed by atoms with Gasteiger partial charge in [0.2, 0.25) is 0 Å². The topological polar surface area (TPSA) is 52.1 Å². The van der Waals surface area contributed by atoms with Gasteiger partial charge in [-0.05, 0) is 37.5 Å². The van der Waals surface area contributed by atoms with E-state index in [2.05, 4.69) is 9.59 Å². The van der Waals surface area contributed by atoms with Crippen molar-refractivity contribution in [2.45, 2.75) is 23.0 Å². The van der Waals surface area contributed by atoms with Crippen molar-refractivity contribution in [2.75, 3.05) is 6.61 Å². The fraction of sp³-hybridized carbons (Fsp3) is 0.250. The molecule has 0 spiro atoms. The summed E-state index contributed by atoms with van der Waals surface area (Å²) in [5, 5.41) is 3.82. The maximum atomic E-state index is 11.6. The number of aryl methyl sites for hydroxylation is 1. The van der Waals surface area contributed by atoms with E-state index in [0.29, 0.717) is 12.3 Å². The SMILES string of the molecule is CCOC(=O)c1nnsc1Sc1ccc(C)cc1. The van der Waals surface area contributed by atoms with Crippen LogP contribution in [0.15, 0.2) is 33.4 Å². The van der Waals surface area contributed by atoms with E-state index in [1.165, 1.54) is 28.9 Å². The quantitative estimate of drug-likeness (QED) is 0.805. The van der Waals surface area contributed by atoms with Crippen molar-refractivity contribution >= 4 is 29.3 Å². The van der Waals surface area contributed by atoms with Crippen LogP contribution >= 0.6 is 23.3 Å². The molecule has 0 aliphatic rings. The van der Waals surface area contributed by atoms with Crippen LogP contribution in [0.25, 0.3) is 0 Å². The van der Waals surface area contributed by atoms with Crippen molar-refractivity contribution in [3.63, 3.8) is 0 Å². The van der Waals surface area contributed by atoms with E-state index in [-0.39, 0.29) is 0 Å². The third-order valence-corrected chi connectivity index (χ3v) is 4.04.